The van der Waals surface area contributed by atoms with Crippen LogP contribution >= 0.6 is 0 Å². The second kappa shape index (κ2) is 4.61. The minimum absolute atomic E-state index is 0.652. The zero-order valence-electron chi connectivity index (χ0n) is 13.1. The third-order valence-corrected chi connectivity index (χ3v) is 7.15. The Morgan fingerprint density at radius 1 is 1.25 bits per heavy atom. The van der Waals surface area contributed by atoms with Crippen molar-refractivity contribution in [3.63, 3.8) is 0 Å². The van der Waals surface area contributed by atoms with Gasteiger partial charge in [-0.1, -0.05) is 44.1 Å². The SMILES string of the molecule is CC[C@H]1CC[C@H]2[C@@H]3CC=C4C=CCCC4=C3CC[C@]12C. The van der Waals surface area contributed by atoms with Crippen molar-refractivity contribution in [1.82, 2.24) is 0 Å². The van der Waals surface area contributed by atoms with E-state index in [4.69, 9.17) is 0 Å². The fraction of sp³-hybridized carbons (Fsp3) is 0.700. The van der Waals surface area contributed by atoms with Gasteiger partial charge in [0.25, 0.3) is 0 Å². The van der Waals surface area contributed by atoms with E-state index < -0.39 is 0 Å². The molecule has 2 fully saturated rings. The first-order valence-corrected chi connectivity index (χ1v) is 8.83. The average molecular weight is 268 g/mol. The molecule has 0 aromatic heterocycles. The van der Waals surface area contributed by atoms with Crippen LogP contribution in [-0.2, 0) is 0 Å². The summed E-state index contributed by atoms with van der Waals surface area (Å²) in [5.74, 6) is 2.87. The molecule has 4 aliphatic carbocycles. The lowest BCUT2D eigenvalue weighted by molar-refractivity contribution is 0.0789. The Morgan fingerprint density at radius 3 is 3.00 bits per heavy atom. The highest BCUT2D eigenvalue weighted by Crippen LogP contribution is 2.62. The lowest BCUT2D eigenvalue weighted by atomic mass is 9.56. The molecule has 20 heavy (non-hydrogen) atoms. The number of allylic oxidation sites excluding steroid dienone is 6. The first-order chi connectivity index (χ1) is 9.74. The molecule has 0 aromatic rings. The van der Waals surface area contributed by atoms with Crippen LogP contribution in [0.25, 0.3) is 0 Å². The summed E-state index contributed by atoms with van der Waals surface area (Å²) in [6, 6.07) is 0. The fourth-order valence-electron chi connectivity index (χ4n) is 6.05. The molecule has 0 radical (unpaired) electrons. The van der Waals surface area contributed by atoms with Crippen LogP contribution in [0, 0.1) is 23.2 Å². The maximum absolute atomic E-state index is 2.63. The van der Waals surface area contributed by atoms with Gasteiger partial charge in [0, 0.05) is 0 Å². The topological polar surface area (TPSA) is 0 Å². The zero-order valence-corrected chi connectivity index (χ0v) is 13.1. The first kappa shape index (κ1) is 12.9. The van der Waals surface area contributed by atoms with Crippen molar-refractivity contribution >= 4 is 0 Å². The molecule has 0 bridgehead atoms. The van der Waals surface area contributed by atoms with Crippen molar-refractivity contribution in [3.8, 4) is 0 Å². The number of rotatable bonds is 1. The first-order valence-electron chi connectivity index (χ1n) is 8.83. The van der Waals surface area contributed by atoms with Gasteiger partial charge >= 0.3 is 0 Å². The van der Waals surface area contributed by atoms with Crippen LogP contribution in [0.2, 0.25) is 0 Å². The van der Waals surface area contributed by atoms with E-state index in [1.165, 1.54) is 51.4 Å². The summed E-state index contributed by atoms with van der Waals surface area (Å²) in [5, 5.41) is 0. The van der Waals surface area contributed by atoms with Crippen LogP contribution in [0.1, 0.15) is 65.2 Å². The Kier molecular flexibility index (Phi) is 2.98. The van der Waals surface area contributed by atoms with E-state index in [2.05, 4.69) is 32.1 Å². The van der Waals surface area contributed by atoms with Crippen molar-refractivity contribution in [3.05, 3.63) is 34.9 Å². The van der Waals surface area contributed by atoms with Gasteiger partial charge < -0.3 is 0 Å². The molecule has 0 unspecified atom stereocenters. The van der Waals surface area contributed by atoms with Gasteiger partial charge in [-0.25, -0.2) is 0 Å². The number of hydrogen-bond acceptors (Lipinski definition) is 0. The third kappa shape index (κ3) is 1.66. The molecule has 4 aliphatic rings. The van der Waals surface area contributed by atoms with Gasteiger partial charge in [0.15, 0.2) is 0 Å². The maximum Gasteiger partial charge on any atom is -0.0129 e. The summed E-state index contributed by atoms with van der Waals surface area (Å²) in [5.41, 5.74) is 5.87. The van der Waals surface area contributed by atoms with Crippen molar-refractivity contribution in [2.24, 2.45) is 23.2 Å². The quantitative estimate of drug-likeness (QED) is 0.562. The van der Waals surface area contributed by atoms with Crippen molar-refractivity contribution in [2.45, 2.75) is 65.2 Å². The van der Waals surface area contributed by atoms with Crippen molar-refractivity contribution in [2.75, 3.05) is 0 Å². The van der Waals surface area contributed by atoms with E-state index in [1.54, 1.807) is 11.1 Å². The van der Waals surface area contributed by atoms with Crippen LogP contribution in [0.5, 0.6) is 0 Å². The highest BCUT2D eigenvalue weighted by molar-refractivity contribution is 5.49. The maximum atomic E-state index is 2.63. The van der Waals surface area contributed by atoms with Crippen molar-refractivity contribution < 1.29 is 0 Å². The minimum atomic E-state index is 0.652. The summed E-state index contributed by atoms with van der Waals surface area (Å²) in [6.45, 7) is 5.04. The van der Waals surface area contributed by atoms with E-state index in [-0.39, 0.29) is 0 Å². The van der Waals surface area contributed by atoms with Crippen LogP contribution in [-0.4, -0.2) is 0 Å². The monoisotopic (exact) mass is 268 g/mol. The lowest BCUT2D eigenvalue weighted by Crippen LogP contribution is -2.39. The highest BCUT2D eigenvalue weighted by atomic mass is 14.6. The van der Waals surface area contributed by atoms with E-state index >= 15 is 0 Å². The van der Waals surface area contributed by atoms with Gasteiger partial charge in [-0.3, -0.25) is 0 Å². The second-order valence-electron chi connectivity index (χ2n) is 7.74. The Morgan fingerprint density at radius 2 is 2.15 bits per heavy atom. The molecular formula is C20H28. The standard InChI is InChI=1S/C20H28/c1-3-15-9-11-19-18-10-8-14-6-4-5-7-16(14)17(18)12-13-20(15,19)2/h4,6,8,15,18-19H,3,5,7,9-13H2,1-2H3/t15-,18+,19-,20+/m0/s1. The van der Waals surface area contributed by atoms with Crippen LogP contribution in [0.15, 0.2) is 34.9 Å². The van der Waals surface area contributed by atoms with Gasteiger partial charge in [0.05, 0.1) is 0 Å². The molecule has 4 atom stereocenters. The Labute approximate surface area is 124 Å². The van der Waals surface area contributed by atoms with Gasteiger partial charge in [0.2, 0.25) is 0 Å². The van der Waals surface area contributed by atoms with E-state index in [0.29, 0.717) is 5.41 Å². The third-order valence-electron chi connectivity index (χ3n) is 7.15. The molecule has 0 aliphatic heterocycles. The molecule has 0 amide bonds. The van der Waals surface area contributed by atoms with Gasteiger partial charge in [-0.15, -0.1) is 0 Å². The molecule has 0 spiro atoms. The molecule has 0 saturated heterocycles. The Balaban J connectivity index is 1.71. The second-order valence-corrected chi connectivity index (χ2v) is 7.74. The molecular weight excluding hydrogens is 240 g/mol. The van der Waals surface area contributed by atoms with E-state index in [0.717, 1.165) is 17.8 Å². The highest BCUT2D eigenvalue weighted by Gasteiger charge is 2.52. The number of fused-ring (bicyclic) bond motifs is 4. The smallest absolute Gasteiger partial charge is 0.0129 e. The van der Waals surface area contributed by atoms with Gasteiger partial charge in [0.1, 0.15) is 0 Å². The summed E-state index contributed by atoms with van der Waals surface area (Å²) in [6.07, 6.45) is 18.5. The van der Waals surface area contributed by atoms with Crippen molar-refractivity contribution in [1.29, 1.82) is 0 Å². The molecule has 0 heteroatoms. The summed E-state index contributed by atoms with van der Waals surface area (Å²) < 4.78 is 0. The van der Waals surface area contributed by atoms with Gasteiger partial charge in [-0.05, 0) is 79.3 Å². The predicted octanol–water partition coefficient (Wildman–Crippen LogP) is 5.82. The Bertz CT molecular complexity index is 504. The molecule has 0 heterocycles. The van der Waals surface area contributed by atoms with Crippen LogP contribution in [0.4, 0.5) is 0 Å². The summed E-state index contributed by atoms with van der Waals surface area (Å²) in [7, 11) is 0. The molecule has 0 aromatic carbocycles. The minimum Gasteiger partial charge on any atom is -0.0836 e. The summed E-state index contributed by atoms with van der Waals surface area (Å²) >= 11 is 0. The average Bonchev–Trinajstić information content (AvgIpc) is 2.83. The normalized spacial score (nSPS) is 42.9. The zero-order chi connectivity index (χ0) is 13.7. The molecule has 108 valence electrons. The Hall–Kier alpha value is -0.780. The molecule has 0 N–H and O–H groups in total. The predicted molar refractivity (Wildman–Crippen MR) is 85.4 cm³/mol. The van der Waals surface area contributed by atoms with E-state index in [1.807, 2.05) is 5.57 Å². The molecule has 4 rings (SSSR count). The molecule has 0 nitrogen and oxygen atoms in total. The number of hydrogen-bond donors (Lipinski definition) is 0. The fourth-order valence-corrected chi connectivity index (χ4v) is 6.05. The summed E-state index contributed by atoms with van der Waals surface area (Å²) in [4.78, 5) is 0. The lowest BCUT2D eigenvalue weighted by Gasteiger charge is -2.48. The van der Waals surface area contributed by atoms with Crippen LogP contribution < -0.4 is 0 Å². The van der Waals surface area contributed by atoms with E-state index in [9.17, 15) is 0 Å². The molecule has 2 saturated carbocycles. The van der Waals surface area contributed by atoms with Gasteiger partial charge in [-0.2, -0.15) is 0 Å². The van der Waals surface area contributed by atoms with Crippen LogP contribution in [0.3, 0.4) is 0 Å². The largest absolute Gasteiger partial charge is 0.0836 e.